The third-order valence-electron chi connectivity index (χ3n) is 3.57. The van der Waals surface area contributed by atoms with Gasteiger partial charge in [0.25, 0.3) is 0 Å². The zero-order chi connectivity index (χ0) is 17.2. The molecule has 24 heavy (non-hydrogen) atoms. The fourth-order valence-corrected chi connectivity index (χ4v) is 2.20. The minimum atomic E-state index is -0.395. The first-order chi connectivity index (χ1) is 11.7. The zero-order valence-corrected chi connectivity index (χ0v) is 14.1. The number of benzene rings is 2. The van der Waals surface area contributed by atoms with Crippen LogP contribution in [0.15, 0.2) is 54.6 Å². The second-order valence-electron chi connectivity index (χ2n) is 5.40. The number of carbonyl (C=O) groups excluding carboxylic acids is 1. The van der Waals surface area contributed by atoms with Gasteiger partial charge < -0.3 is 14.8 Å². The maximum Gasteiger partial charge on any atom is 0.407 e. The largest absolute Gasteiger partial charge is 0.497 e. The SMILES string of the molecule is COc1ccc(C=CCCNC(=O)OCc2ccccc2)c(C)c1. The normalized spacial score (nSPS) is 10.6. The average Bonchev–Trinajstić information content (AvgIpc) is 2.61. The molecule has 0 fully saturated rings. The van der Waals surface area contributed by atoms with Crippen molar-refractivity contribution in [1.82, 2.24) is 5.32 Å². The molecule has 0 bridgehead atoms. The van der Waals surface area contributed by atoms with Crippen molar-refractivity contribution in [3.8, 4) is 5.75 Å². The Labute approximate surface area is 143 Å². The molecule has 0 spiro atoms. The van der Waals surface area contributed by atoms with E-state index in [0.717, 1.165) is 28.9 Å². The van der Waals surface area contributed by atoms with Crippen molar-refractivity contribution in [3.05, 3.63) is 71.3 Å². The minimum absolute atomic E-state index is 0.285. The maximum absolute atomic E-state index is 11.6. The molecule has 4 nitrogen and oxygen atoms in total. The van der Waals surface area contributed by atoms with E-state index in [1.54, 1.807) is 7.11 Å². The second-order valence-corrected chi connectivity index (χ2v) is 5.40. The molecule has 0 saturated carbocycles. The van der Waals surface area contributed by atoms with Gasteiger partial charge in [-0.2, -0.15) is 0 Å². The summed E-state index contributed by atoms with van der Waals surface area (Å²) in [6, 6.07) is 15.6. The van der Waals surface area contributed by atoms with Crippen LogP contribution in [0.5, 0.6) is 5.75 Å². The Kier molecular flexibility index (Phi) is 6.90. The quantitative estimate of drug-likeness (QED) is 0.771. The van der Waals surface area contributed by atoms with Gasteiger partial charge in [-0.1, -0.05) is 48.6 Å². The van der Waals surface area contributed by atoms with Gasteiger partial charge in [0.1, 0.15) is 12.4 Å². The first-order valence-electron chi connectivity index (χ1n) is 7.95. The van der Waals surface area contributed by atoms with E-state index in [0.29, 0.717) is 6.54 Å². The first-order valence-corrected chi connectivity index (χ1v) is 7.95. The maximum atomic E-state index is 11.6. The van der Waals surface area contributed by atoms with Gasteiger partial charge in [-0.15, -0.1) is 0 Å². The molecule has 2 rings (SSSR count). The number of aryl methyl sites for hydroxylation is 1. The lowest BCUT2D eigenvalue weighted by atomic mass is 10.1. The van der Waals surface area contributed by atoms with E-state index in [4.69, 9.17) is 9.47 Å². The van der Waals surface area contributed by atoms with Crippen LogP contribution in [-0.4, -0.2) is 19.7 Å². The molecule has 0 aliphatic carbocycles. The molecule has 4 heteroatoms. The molecule has 0 saturated heterocycles. The average molecular weight is 325 g/mol. The van der Waals surface area contributed by atoms with E-state index in [1.807, 2.05) is 67.6 Å². The smallest absolute Gasteiger partial charge is 0.407 e. The first kappa shape index (κ1) is 17.6. The van der Waals surface area contributed by atoms with Gasteiger partial charge in [0.15, 0.2) is 0 Å². The van der Waals surface area contributed by atoms with Crippen LogP contribution in [0.1, 0.15) is 23.1 Å². The molecule has 0 atom stereocenters. The highest BCUT2D eigenvalue weighted by Crippen LogP contribution is 2.17. The van der Waals surface area contributed by atoms with E-state index >= 15 is 0 Å². The number of ether oxygens (including phenoxy) is 2. The number of methoxy groups -OCH3 is 1. The Morgan fingerprint density at radius 1 is 1.17 bits per heavy atom. The highest BCUT2D eigenvalue weighted by molar-refractivity contribution is 5.67. The summed E-state index contributed by atoms with van der Waals surface area (Å²) >= 11 is 0. The highest BCUT2D eigenvalue weighted by Gasteiger charge is 2.01. The van der Waals surface area contributed by atoms with E-state index in [1.165, 1.54) is 0 Å². The lowest BCUT2D eigenvalue weighted by Crippen LogP contribution is -2.24. The summed E-state index contributed by atoms with van der Waals surface area (Å²) in [7, 11) is 1.66. The van der Waals surface area contributed by atoms with Crippen LogP contribution < -0.4 is 10.1 Å². The molecule has 2 aromatic carbocycles. The topological polar surface area (TPSA) is 47.6 Å². The predicted molar refractivity (Wildman–Crippen MR) is 96.0 cm³/mol. The molecular weight excluding hydrogens is 302 g/mol. The van der Waals surface area contributed by atoms with Gasteiger partial charge >= 0.3 is 6.09 Å². The number of alkyl carbamates (subject to hydrolysis) is 1. The standard InChI is InChI=1S/C20H23NO3/c1-16-14-19(23-2)12-11-18(16)10-6-7-13-21-20(22)24-15-17-8-4-3-5-9-17/h3-6,8-12,14H,7,13,15H2,1-2H3,(H,21,22). The lowest BCUT2D eigenvalue weighted by molar-refractivity contribution is 0.140. The third-order valence-corrected chi connectivity index (χ3v) is 3.57. The number of rotatable bonds is 7. The highest BCUT2D eigenvalue weighted by atomic mass is 16.5. The van der Waals surface area contributed by atoms with Crippen molar-refractivity contribution in [2.24, 2.45) is 0 Å². The monoisotopic (exact) mass is 325 g/mol. The number of hydrogen-bond acceptors (Lipinski definition) is 3. The van der Waals surface area contributed by atoms with Crippen molar-refractivity contribution in [3.63, 3.8) is 0 Å². The summed E-state index contributed by atoms with van der Waals surface area (Å²) in [6.45, 7) is 2.87. The fourth-order valence-electron chi connectivity index (χ4n) is 2.20. The molecule has 0 unspecified atom stereocenters. The van der Waals surface area contributed by atoms with Crippen molar-refractivity contribution >= 4 is 12.2 Å². The van der Waals surface area contributed by atoms with Crippen molar-refractivity contribution < 1.29 is 14.3 Å². The molecule has 0 aliphatic rings. The van der Waals surface area contributed by atoms with Crippen LogP contribution in [0, 0.1) is 6.92 Å². The molecular formula is C20H23NO3. The minimum Gasteiger partial charge on any atom is -0.497 e. The third kappa shape index (κ3) is 5.80. The van der Waals surface area contributed by atoms with Crippen LogP contribution in [-0.2, 0) is 11.3 Å². The predicted octanol–water partition coefficient (Wildman–Crippen LogP) is 4.33. The summed E-state index contributed by atoms with van der Waals surface area (Å²) in [5.41, 5.74) is 3.27. The zero-order valence-electron chi connectivity index (χ0n) is 14.1. The Morgan fingerprint density at radius 2 is 1.96 bits per heavy atom. The number of amides is 1. The Hall–Kier alpha value is -2.75. The van der Waals surface area contributed by atoms with Crippen LogP contribution in [0.3, 0.4) is 0 Å². The second kappa shape index (κ2) is 9.40. The van der Waals surface area contributed by atoms with E-state index in [9.17, 15) is 4.79 Å². The van der Waals surface area contributed by atoms with Crippen molar-refractivity contribution in [2.75, 3.05) is 13.7 Å². The Balaban J connectivity index is 1.67. The number of nitrogens with one attached hydrogen (secondary N) is 1. The van der Waals surface area contributed by atoms with Crippen LogP contribution in [0.4, 0.5) is 4.79 Å². The molecule has 126 valence electrons. The Morgan fingerprint density at radius 3 is 2.67 bits per heavy atom. The number of hydrogen-bond donors (Lipinski definition) is 1. The van der Waals surface area contributed by atoms with Gasteiger partial charge in [-0.3, -0.25) is 0 Å². The van der Waals surface area contributed by atoms with Gasteiger partial charge in [-0.05, 0) is 42.2 Å². The van der Waals surface area contributed by atoms with Crippen LogP contribution >= 0.6 is 0 Å². The molecule has 0 heterocycles. The van der Waals surface area contributed by atoms with Crippen LogP contribution in [0.2, 0.25) is 0 Å². The van der Waals surface area contributed by atoms with E-state index < -0.39 is 6.09 Å². The van der Waals surface area contributed by atoms with Crippen LogP contribution in [0.25, 0.3) is 6.08 Å². The van der Waals surface area contributed by atoms with Gasteiger partial charge in [0.2, 0.25) is 0 Å². The van der Waals surface area contributed by atoms with Gasteiger partial charge in [0.05, 0.1) is 7.11 Å². The number of carbonyl (C=O) groups is 1. The van der Waals surface area contributed by atoms with Gasteiger partial charge in [0, 0.05) is 6.54 Å². The molecule has 0 aliphatic heterocycles. The molecule has 0 radical (unpaired) electrons. The van der Waals surface area contributed by atoms with Gasteiger partial charge in [-0.25, -0.2) is 4.79 Å². The summed E-state index contributed by atoms with van der Waals surface area (Å²) in [5.74, 6) is 0.854. The molecule has 1 amide bonds. The lowest BCUT2D eigenvalue weighted by Gasteiger charge is -2.06. The fraction of sp³-hybridized carbons (Fsp3) is 0.250. The molecule has 1 N–H and O–H groups in total. The van der Waals surface area contributed by atoms with Crippen molar-refractivity contribution in [1.29, 1.82) is 0 Å². The van der Waals surface area contributed by atoms with E-state index in [2.05, 4.69) is 5.32 Å². The molecule has 2 aromatic rings. The summed E-state index contributed by atoms with van der Waals surface area (Å²) in [6.07, 6.45) is 4.43. The summed E-state index contributed by atoms with van der Waals surface area (Å²) in [4.78, 5) is 11.6. The summed E-state index contributed by atoms with van der Waals surface area (Å²) < 4.78 is 10.3. The molecule has 0 aromatic heterocycles. The van der Waals surface area contributed by atoms with Crippen molar-refractivity contribution in [2.45, 2.75) is 20.0 Å². The Bertz CT molecular complexity index is 681. The van der Waals surface area contributed by atoms with E-state index in [-0.39, 0.29) is 6.61 Å². The summed E-state index contributed by atoms with van der Waals surface area (Å²) in [5, 5.41) is 2.74.